The quantitative estimate of drug-likeness (QED) is 0.581. The second kappa shape index (κ2) is 6.90. The van der Waals surface area contributed by atoms with E-state index in [9.17, 15) is 22.4 Å². The Balaban J connectivity index is 1.68. The second-order valence-electron chi connectivity index (χ2n) is 6.67. The van der Waals surface area contributed by atoms with Crippen molar-refractivity contribution < 1.29 is 22.4 Å². The molecule has 3 aromatic rings. The van der Waals surface area contributed by atoms with Crippen molar-refractivity contribution in [2.24, 2.45) is 0 Å². The Morgan fingerprint density at radius 2 is 2.03 bits per heavy atom. The number of benzene rings is 1. The third-order valence-corrected chi connectivity index (χ3v) is 5.65. The number of nitrogens with zero attached hydrogens (tertiary/aromatic N) is 5. The van der Waals surface area contributed by atoms with E-state index in [1.165, 1.54) is 16.4 Å². The fourth-order valence-electron chi connectivity index (χ4n) is 3.45. The summed E-state index contributed by atoms with van der Waals surface area (Å²) in [6.07, 6.45) is -3.25. The monoisotopic (exact) mass is 425 g/mol. The smallest absolute Gasteiger partial charge is 0.329 e. The van der Waals surface area contributed by atoms with Crippen LogP contribution >= 0.6 is 11.5 Å². The number of hydrogen-bond acceptors (Lipinski definition) is 5. The lowest BCUT2D eigenvalue weighted by Crippen LogP contribution is -2.41. The van der Waals surface area contributed by atoms with Crippen molar-refractivity contribution in [1.82, 2.24) is 23.8 Å². The molecule has 0 saturated heterocycles. The average molecular weight is 425 g/mol. The third kappa shape index (κ3) is 3.39. The first-order valence-electron chi connectivity index (χ1n) is 8.70. The summed E-state index contributed by atoms with van der Waals surface area (Å²) in [5, 5.41) is 0.638. The summed E-state index contributed by atoms with van der Waals surface area (Å²) < 4.78 is 59.4. The van der Waals surface area contributed by atoms with Crippen molar-refractivity contribution in [1.29, 1.82) is 0 Å². The van der Waals surface area contributed by atoms with E-state index in [0.29, 0.717) is 35.0 Å². The van der Waals surface area contributed by atoms with E-state index in [2.05, 4.69) is 14.3 Å². The van der Waals surface area contributed by atoms with Gasteiger partial charge in [-0.1, -0.05) is 0 Å². The molecule has 0 spiro atoms. The van der Waals surface area contributed by atoms with Crippen LogP contribution in [0.2, 0.25) is 0 Å². The molecule has 1 atom stereocenters. The fourth-order valence-corrected chi connectivity index (χ4v) is 4.12. The Morgan fingerprint density at radius 1 is 1.28 bits per heavy atom. The molecule has 2 aromatic heterocycles. The number of imidazole rings is 1. The summed E-state index contributed by atoms with van der Waals surface area (Å²) in [4.78, 5) is 23.0. The number of alkyl halides is 3. The first-order chi connectivity index (χ1) is 13.7. The summed E-state index contributed by atoms with van der Waals surface area (Å²) in [6.45, 7) is 4.02. The zero-order chi connectivity index (χ0) is 20.9. The first kappa shape index (κ1) is 19.5. The Kier molecular flexibility index (Phi) is 4.64. The topological polar surface area (TPSA) is 63.9 Å². The number of aromatic nitrogens is 4. The molecule has 6 nitrogen and oxygen atoms in total. The fraction of sp³-hybridized carbons (Fsp3) is 0.333. The van der Waals surface area contributed by atoms with E-state index in [-0.39, 0.29) is 6.54 Å². The molecule has 3 heterocycles. The van der Waals surface area contributed by atoms with Gasteiger partial charge in [0, 0.05) is 13.1 Å². The van der Waals surface area contributed by atoms with Crippen LogP contribution < -0.4 is 0 Å². The van der Waals surface area contributed by atoms with Gasteiger partial charge in [-0.25, -0.2) is 14.4 Å². The largest absolute Gasteiger partial charge is 0.417 e. The van der Waals surface area contributed by atoms with E-state index in [1.54, 1.807) is 20.0 Å². The molecule has 0 fully saturated rings. The Labute approximate surface area is 167 Å². The van der Waals surface area contributed by atoms with Crippen LogP contribution in [0.5, 0.6) is 0 Å². The Morgan fingerprint density at radius 3 is 2.69 bits per heavy atom. The molecular weight excluding hydrogens is 410 g/mol. The summed E-state index contributed by atoms with van der Waals surface area (Å²) in [6, 6.07) is 1.58. The molecule has 0 radical (unpaired) electrons. The van der Waals surface area contributed by atoms with Gasteiger partial charge in [0.2, 0.25) is 0 Å². The molecule has 0 aliphatic carbocycles. The number of aryl methyl sites for hydroxylation is 1. The molecule has 0 saturated carbocycles. The lowest BCUT2D eigenvalue weighted by atomic mass is 10.0. The zero-order valence-corrected chi connectivity index (χ0v) is 16.2. The molecule has 1 aliphatic heterocycles. The maximum Gasteiger partial charge on any atom is 0.417 e. The van der Waals surface area contributed by atoms with Crippen LogP contribution in [0.1, 0.15) is 40.4 Å². The molecule has 1 aromatic carbocycles. The van der Waals surface area contributed by atoms with Crippen molar-refractivity contribution in [2.75, 3.05) is 6.54 Å². The van der Waals surface area contributed by atoms with Gasteiger partial charge in [-0.3, -0.25) is 4.79 Å². The van der Waals surface area contributed by atoms with Crippen LogP contribution in [0.3, 0.4) is 0 Å². The highest BCUT2D eigenvalue weighted by atomic mass is 32.1. The number of amides is 1. The number of halogens is 4. The van der Waals surface area contributed by atoms with Gasteiger partial charge in [-0.2, -0.15) is 17.5 Å². The number of carbonyl (C=O) groups is 1. The van der Waals surface area contributed by atoms with Crippen molar-refractivity contribution >= 4 is 17.4 Å². The predicted molar refractivity (Wildman–Crippen MR) is 96.7 cm³/mol. The van der Waals surface area contributed by atoms with Crippen LogP contribution in [-0.4, -0.2) is 36.3 Å². The molecule has 0 bridgehead atoms. The Bertz CT molecular complexity index is 1090. The zero-order valence-electron chi connectivity index (χ0n) is 15.4. The van der Waals surface area contributed by atoms with Gasteiger partial charge in [-0.15, -0.1) is 0 Å². The van der Waals surface area contributed by atoms with Gasteiger partial charge < -0.3 is 9.47 Å². The molecule has 29 heavy (non-hydrogen) atoms. The van der Waals surface area contributed by atoms with Crippen LogP contribution in [0.15, 0.2) is 24.4 Å². The molecule has 11 heteroatoms. The molecule has 1 amide bonds. The standard InChI is InChI=1S/C18H15F4N5OS/c1-9-14-8-23-15(16-24-10(2)25-29-16)27(14)6-5-26(9)17(28)12-4-3-11(19)7-13(12)18(20,21)22/h3-4,7-9H,5-6H2,1-2H3/t9-/m1/s1. The van der Waals surface area contributed by atoms with E-state index >= 15 is 0 Å². The van der Waals surface area contributed by atoms with Crippen LogP contribution in [0, 0.1) is 12.7 Å². The highest BCUT2D eigenvalue weighted by Gasteiger charge is 2.39. The second-order valence-corrected chi connectivity index (χ2v) is 7.42. The minimum atomic E-state index is -4.84. The normalized spacial score (nSPS) is 16.8. The third-order valence-electron chi connectivity index (χ3n) is 4.84. The van der Waals surface area contributed by atoms with Crippen LogP contribution in [-0.2, 0) is 12.7 Å². The Hall–Kier alpha value is -2.82. The SMILES string of the molecule is Cc1nsc(-c2ncc3n2CCN(C(=O)c2ccc(F)cc2C(F)(F)F)[C@@H]3C)n1. The van der Waals surface area contributed by atoms with Crippen molar-refractivity contribution in [3.63, 3.8) is 0 Å². The van der Waals surface area contributed by atoms with Gasteiger partial charge in [-0.05, 0) is 43.6 Å². The minimum absolute atomic E-state index is 0.183. The van der Waals surface area contributed by atoms with Crippen LogP contribution in [0.4, 0.5) is 17.6 Å². The molecule has 4 rings (SSSR count). The number of fused-ring (bicyclic) bond motifs is 1. The van der Waals surface area contributed by atoms with E-state index < -0.39 is 35.1 Å². The van der Waals surface area contributed by atoms with Gasteiger partial charge in [0.25, 0.3) is 5.91 Å². The summed E-state index contributed by atoms with van der Waals surface area (Å²) in [5.41, 5.74) is -1.17. The van der Waals surface area contributed by atoms with Gasteiger partial charge in [0.05, 0.1) is 29.1 Å². The molecule has 0 N–H and O–H groups in total. The molecular formula is C18H15F4N5OS. The van der Waals surface area contributed by atoms with Crippen molar-refractivity contribution in [3.05, 3.63) is 52.9 Å². The van der Waals surface area contributed by atoms with Crippen molar-refractivity contribution in [3.8, 4) is 10.8 Å². The minimum Gasteiger partial charge on any atom is -0.329 e. The average Bonchev–Trinajstić information content (AvgIpc) is 3.27. The van der Waals surface area contributed by atoms with Gasteiger partial charge in [0.15, 0.2) is 10.8 Å². The van der Waals surface area contributed by atoms with E-state index in [0.717, 1.165) is 12.1 Å². The first-order valence-corrected chi connectivity index (χ1v) is 9.48. The van der Waals surface area contributed by atoms with Crippen molar-refractivity contribution in [2.45, 2.75) is 32.6 Å². The lowest BCUT2D eigenvalue weighted by Gasteiger charge is -2.35. The molecule has 0 unspecified atom stereocenters. The predicted octanol–water partition coefficient (Wildman–Crippen LogP) is 4.08. The molecule has 1 aliphatic rings. The highest BCUT2D eigenvalue weighted by Crippen LogP contribution is 2.36. The number of carbonyl (C=O) groups excluding carboxylic acids is 1. The van der Waals surface area contributed by atoms with E-state index in [1.807, 2.05) is 4.57 Å². The van der Waals surface area contributed by atoms with Crippen LogP contribution in [0.25, 0.3) is 10.8 Å². The maximum atomic E-state index is 13.4. The van der Waals surface area contributed by atoms with Gasteiger partial charge in [0.1, 0.15) is 11.6 Å². The lowest BCUT2D eigenvalue weighted by molar-refractivity contribution is -0.138. The van der Waals surface area contributed by atoms with E-state index in [4.69, 9.17) is 0 Å². The summed E-state index contributed by atoms with van der Waals surface area (Å²) >= 11 is 1.21. The highest BCUT2D eigenvalue weighted by molar-refractivity contribution is 7.09. The number of hydrogen-bond donors (Lipinski definition) is 0. The maximum absolute atomic E-state index is 13.4. The summed E-state index contributed by atoms with van der Waals surface area (Å²) in [5.74, 6) is -0.609. The summed E-state index contributed by atoms with van der Waals surface area (Å²) in [7, 11) is 0. The van der Waals surface area contributed by atoms with Gasteiger partial charge >= 0.3 is 6.18 Å². The number of rotatable bonds is 2. The molecule has 152 valence electrons.